The van der Waals surface area contributed by atoms with Crippen molar-refractivity contribution in [2.75, 3.05) is 0 Å². The number of rotatable bonds is 2. The molecule has 0 aliphatic carbocycles. The van der Waals surface area contributed by atoms with Crippen LogP contribution in [0.3, 0.4) is 0 Å². The van der Waals surface area contributed by atoms with Gasteiger partial charge in [0.1, 0.15) is 0 Å². The lowest BCUT2D eigenvalue weighted by Crippen LogP contribution is -2.07. The molecule has 6 nitrogen and oxygen atoms in total. The van der Waals surface area contributed by atoms with E-state index in [9.17, 15) is 4.79 Å². The molecule has 0 amide bonds. The van der Waals surface area contributed by atoms with Crippen LogP contribution in [-0.4, -0.2) is 25.0 Å². The van der Waals surface area contributed by atoms with E-state index in [-0.39, 0.29) is 11.1 Å². The standard InChI is InChI=1S/C9H7N5OS/c15-9-7-8(10-5-11-9)14(13-12-7)4-6-2-1-3-16-6/h1-3,5H,4H2,(H,10,11,15). The molecule has 0 radical (unpaired) electrons. The SMILES string of the molecule is O=c1[nH]cnc2c1nnn2Cc1cccs1. The first kappa shape index (κ1) is 9.22. The first-order chi connectivity index (χ1) is 7.84. The number of aromatic amines is 1. The first-order valence-corrected chi connectivity index (χ1v) is 5.52. The van der Waals surface area contributed by atoms with Crippen molar-refractivity contribution in [3.63, 3.8) is 0 Å². The highest BCUT2D eigenvalue weighted by Crippen LogP contribution is 2.11. The lowest BCUT2D eigenvalue weighted by atomic mass is 10.4. The number of nitrogens with one attached hydrogen (secondary N) is 1. The second-order valence-electron chi connectivity index (χ2n) is 3.23. The van der Waals surface area contributed by atoms with Gasteiger partial charge in [-0.15, -0.1) is 16.4 Å². The predicted molar refractivity (Wildman–Crippen MR) is 59.4 cm³/mol. The number of aromatic nitrogens is 5. The molecule has 16 heavy (non-hydrogen) atoms. The largest absolute Gasteiger partial charge is 0.311 e. The summed E-state index contributed by atoms with van der Waals surface area (Å²) in [6, 6.07) is 3.98. The minimum atomic E-state index is -0.262. The maximum atomic E-state index is 11.4. The summed E-state index contributed by atoms with van der Waals surface area (Å²) in [7, 11) is 0. The van der Waals surface area contributed by atoms with Gasteiger partial charge in [0.05, 0.1) is 12.9 Å². The lowest BCUT2D eigenvalue weighted by Gasteiger charge is -1.97. The third-order valence-corrected chi connectivity index (χ3v) is 3.05. The fourth-order valence-electron chi connectivity index (χ4n) is 1.46. The Morgan fingerprint density at radius 3 is 3.25 bits per heavy atom. The van der Waals surface area contributed by atoms with Gasteiger partial charge in [-0.1, -0.05) is 11.3 Å². The Bertz CT molecular complexity index is 669. The molecule has 7 heteroatoms. The second-order valence-corrected chi connectivity index (χ2v) is 4.26. The zero-order valence-corrected chi connectivity index (χ0v) is 8.94. The molecular weight excluding hydrogens is 226 g/mol. The summed E-state index contributed by atoms with van der Waals surface area (Å²) in [6.45, 7) is 0.588. The number of H-pyrrole nitrogens is 1. The summed E-state index contributed by atoms with van der Waals surface area (Å²) < 4.78 is 1.62. The quantitative estimate of drug-likeness (QED) is 0.704. The monoisotopic (exact) mass is 233 g/mol. The van der Waals surface area contributed by atoms with Gasteiger partial charge >= 0.3 is 0 Å². The van der Waals surface area contributed by atoms with Crippen molar-refractivity contribution in [3.8, 4) is 0 Å². The van der Waals surface area contributed by atoms with Gasteiger partial charge in [-0.2, -0.15) is 0 Å². The molecule has 3 rings (SSSR count). The Labute approximate surface area is 93.6 Å². The molecule has 0 aliphatic rings. The van der Waals surface area contributed by atoms with Crippen LogP contribution in [0.5, 0.6) is 0 Å². The minimum absolute atomic E-state index is 0.262. The Hall–Kier alpha value is -2.02. The molecular formula is C9H7N5OS. The van der Waals surface area contributed by atoms with Crippen LogP contribution in [0.2, 0.25) is 0 Å². The highest BCUT2D eigenvalue weighted by molar-refractivity contribution is 7.09. The van der Waals surface area contributed by atoms with Gasteiger partial charge in [0.15, 0.2) is 11.2 Å². The molecule has 3 heterocycles. The second kappa shape index (κ2) is 3.53. The van der Waals surface area contributed by atoms with E-state index in [2.05, 4.69) is 20.3 Å². The van der Waals surface area contributed by atoms with Crippen LogP contribution >= 0.6 is 11.3 Å². The third kappa shape index (κ3) is 1.41. The average molecular weight is 233 g/mol. The highest BCUT2D eigenvalue weighted by Gasteiger charge is 2.09. The topological polar surface area (TPSA) is 76.5 Å². The summed E-state index contributed by atoms with van der Waals surface area (Å²) in [4.78, 5) is 19.1. The van der Waals surface area contributed by atoms with Gasteiger partial charge in [0.25, 0.3) is 5.56 Å². The number of nitrogens with zero attached hydrogens (tertiary/aromatic N) is 4. The van der Waals surface area contributed by atoms with Crippen LogP contribution in [0, 0.1) is 0 Å². The Morgan fingerprint density at radius 2 is 2.44 bits per heavy atom. The van der Waals surface area contributed by atoms with Crippen molar-refractivity contribution < 1.29 is 0 Å². The molecule has 0 aromatic carbocycles. The van der Waals surface area contributed by atoms with E-state index in [0.717, 1.165) is 4.88 Å². The summed E-state index contributed by atoms with van der Waals surface area (Å²) >= 11 is 1.63. The van der Waals surface area contributed by atoms with Gasteiger partial charge in [-0.3, -0.25) is 4.79 Å². The van der Waals surface area contributed by atoms with Crippen LogP contribution in [0.15, 0.2) is 28.6 Å². The predicted octanol–water partition coefficient (Wildman–Crippen LogP) is 0.624. The molecule has 80 valence electrons. The van der Waals surface area contributed by atoms with E-state index in [1.807, 2.05) is 17.5 Å². The van der Waals surface area contributed by atoms with Gasteiger partial charge in [-0.25, -0.2) is 9.67 Å². The minimum Gasteiger partial charge on any atom is -0.311 e. The molecule has 0 atom stereocenters. The first-order valence-electron chi connectivity index (χ1n) is 4.64. The van der Waals surface area contributed by atoms with E-state index in [1.165, 1.54) is 6.33 Å². The van der Waals surface area contributed by atoms with Gasteiger partial charge in [0, 0.05) is 4.88 Å². The van der Waals surface area contributed by atoms with E-state index in [4.69, 9.17) is 0 Å². The van der Waals surface area contributed by atoms with Crippen LogP contribution in [-0.2, 0) is 6.54 Å². The summed E-state index contributed by atoms with van der Waals surface area (Å²) in [5.74, 6) is 0. The number of hydrogen-bond acceptors (Lipinski definition) is 5. The summed E-state index contributed by atoms with van der Waals surface area (Å²) in [5.41, 5.74) is 0.527. The Balaban J connectivity index is 2.11. The molecule has 3 aromatic rings. The molecule has 0 fully saturated rings. The number of fused-ring (bicyclic) bond motifs is 1. The zero-order valence-electron chi connectivity index (χ0n) is 8.12. The van der Waals surface area contributed by atoms with Crippen LogP contribution in [0.1, 0.15) is 4.88 Å². The maximum absolute atomic E-state index is 11.4. The van der Waals surface area contributed by atoms with E-state index < -0.39 is 0 Å². The van der Waals surface area contributed by atoms with Crippen molar-refractivity contribution >= 4 is 22.5 Å². The number of thiophene rings is 1. The fraction of sp³-hybridized carbons (Fsp3) is 0.111. The van der Waals surface area contributed by atoms with Crippen molar-refractivity contribution in [2.24, 2.45) is 0 Å². The van der Waals surface area contributed by atoms with Crippen LogP contribution < -0.4 is 5.56 Å². The van der Waals surface area contributed by atoms with Crippen molar-refractivity contribution in [1.29, 1.82) is 0 Å². The zero-order chi connectivity index (χ0) is 11.0. The molecule has 0 aliphatic heterocycles. The van der Waals surface area contributed by atoms with Gasteiger partial charge < -0.3 is 4.98 Å². The molecule has 3 aromatic heterocycles. The molecule has 0 saturated carbocycles. The molecule has 0 unspecified atom stereocenters. The molecule has 1 N–H and O–H groups in total. The van der Waals surface area contributed by atoms with Crippen molar-refractivity contribution in [2.45, 2.75) is 6.54 Å². The van der Waals surface area contributed by atoms with E-state index in [1.54, 1.807) is 16.0 Å². The van der Waals surface area contributed by atoms with Gasteiger partial charge in [-0.05, 0) is 11.4 Å². The van der Waals surface area contributed by atoms with Crippen LogP contribution in [0.25, 0.3) is 11.2 Å². The smallest absolute Gasteiger partial charge is 0.280 e. The van der Waals surface area contributed by atoms with Crippen LogP contribution in [0.4, 0.5) is 0 Å². The third-order valence-electron chi connectivity index (χ3n) is 2.19. The van der Waals surface area contributed by atoms with Crippen molar-refractivity contribution in [1.82, 2.24) is 25.0 Å². The maximum Gasteiger partial charge on any atom is 0.280 e. The van der Waals surface area contributed by atoms with Crippen molar-refractivity contribution in [3.05, 3.63) is 39.1 Å². The lowest BCUT2D eigenvalue weighted by molar-refractivity contribution is 0.670. The van der Waals surface area contributed by atoms with Gasteiger partial charge in [0.2, 0.25) is 0 Å². The normalized spacial score (nSPS) is 11.0. The van der Waals surface area contributed by atoms with E-state index in [0.29, 0.717) is 12.2 Å². The highest BCUT2D eigenvalue weighted by atomic mass is 32.1. The number of hydrogen-bond donors (Lipinski definition) is 1. The summed E-state index contributed by atoms with van der Waals surface area (Å²) in [6.07, 6.45) is 1.36. The fourth-order valence-corrected chi connectivity index (χ4v) is 2.15. The van der Waals surface area contributed by atoms with E-state index >= 15 is 0 Å². The molecule has 0 saturated heterocycles. The molecule has 0 bridgehead atoms. The Kier molecular flexibility index (Phi) is 2.03. The molecule has 0 spiro atoms. The Morgan fingerprint density at radius 1 is 1.50 bits per heavy atom. The summed E-state index contributed by atoms with van der Waals surface area (Å²) in [5, 5.41) is 9.73. The average Bonchev–Trinajstić information content (AvgIpc) is 2.90.